The summed E-state index contributed by atoms with van der Waals surface area (Å²) < 4.78 is 0. The molecule has 1 amide bonds. The van der Waals surface area contributed by atoms with Gasteiger partial charge in [0.1, 0.15) is 0 Å². The molecule has 1 aromatic heterocycles. The zero-order chi connectivity index (χ0) is 15.6. The van der Waals surface area contributed by atoms with Gasteiger partial charge in [0.25, 0.3) is 0 Å². The van der Waals surface area contributed by atoms with Gasteiger partial charge >= 0.3 is 0 Å². The predicted octanol–water partition coefficient (Wildman–Crippen LogP) is 3.41. The highest BCUT2D eigenvalue weighted by Gasteiger charge is 2.04. The van der Waals surface area contributed by atoms with Crippen LogP contribution in [0.25, 0.3) is 11.4 Å². The lowest BCUT2D eigenvalue weighted by molar-refractivity contribution is -0.116. The lowest BCUT2D eigenvalue weighted by Crippen LogP contribution is -2.11. The third-order valence-electron chi connectivity index (χ3n) is 3.33. The Kier molecular flexibility index (Phi) is 8.87. The summed E-state index contributed by atoms with van der Waals surface area (Å²) in [4.78, 5) is 20.4. The number of benzene rings is 1. The van der Waals surface area contributed by atoms with Crippen LogP contribution in [0.4, 0.5) is 5.69 Å². The van der Waals surface area contributed by atoms with E-state index in [0.717, 1.165) is 37.8 Å². The van der Waals surface area contributed by atoms with Crippen LogP contribution in [0.3, 0.4) is 0 Å². The number of amides is 1. The summed E-state index contributed by atoms with van der Waals surface area (Å²) in [5.74, 6) is 0.657. The van der Waals surface area contributed by atoms with E-state index < -0.39 is 0 Å². The second-order valence-corrected chi connectivity index (χ2v) is 5.16. The Labute approximate surface area is 143 Å². The molecule has 2 rings (SSSR count). The van der Waals surface area contributed by atoms with Crippen molar-refractivity contribution in [3.63, 3.8) is 0 Å². The molecule has 0 aliphatic rings. The molecular formula is C17H23ClN4O. The van der Waals surface area contributed by atoms with Crippen LogP contribution >= 0.6 is 12.4 Å². The van der Waals surface area contributed by atoms with Gasteiger partial charge in [-0.2, -0.15) is 0 Å². The number of carbonyl (C=O) groups excluding carboxylic acids is 1. The average Bonchev–Trinajstić information content (AvgIpc) is 2.56. The van der Waals surface area contributed by atoms with E-state index in [4.69, 9.17) is 5.73 Å². The number of nitrogens with two attached hydrogens (primary N) is 1. The summed E-state index contributed by atoms with van der Waals surface area (Å²) in [5, 5.41) is 2.82. The Morgan fingerprint density at radius 3 is 2.30 bits per heavy atom. The first-order valence-corrected chi connectivity index (χ1v) is 7.67. The first kappa shape index (κ1) is 19.1. The number of hydrogen-bond donors (Lipinski definition) is 2. The molecule has 2 aromatic rings. The highest BCUT2D eigenvalue weighted by Crippen LogP contribution is 2.15. The molecule has 0 saturated heterocycles. The summed E-state index contributed by atoms with van der Waals surface area (Å²) in [5.41, 5.74) is 7.02. The predicted molar refractivity (Wildman–Crippen MR) is 95.5 cm³/mol. The topological polar surface area (TPSA) is 80.9 Å². The van der Waals surface area contributed by atoms with E-state index in [1.54, 1.807) is 12.4 Å². The maximum Gasteiger partial charge on any atom is 0.224 e. The second-order valence-electron chi connectivity index (χ2n) is 5.16. The van der Waals surface area contributed by atoms with Crippen LogP contribution in [0.1, 0.15) is 32.1 Å². The zero-order valence-electron chi connectivity index (χ0n) is 13.1. The number of anilines is 1. The molecule has 0 radical (unpaired) electrons. The number of nitrogens with one attached hydrogen (secondary N) is 1. The molecule has 0 unspecified atom stereocenters. The molecule has 6 heteroatoms. The number of halogens is 1. The van der Waals surface area contributed by atoms with E-state index >= 15 is 0 Å². The van der Waals surface area contributed by atoms with Crippen LogP contribution in [-0.4, -0.2) is 22.4 Å². The van der Waals surface area contributed by atoms with Gasteiger partial charge in [0, 0.05) is 12.0 Å². The maximum absolute atomic E-state index is 11.8. The van der Waals surface area contributed by atoms with Crippen molar-refractivity contribution in [2.24, 2.45) is 5.73 Å². The molecule has 0 atom stereocenters. The molecule has 0 aliphatic heterocycles. The highest BCUT2D eigenvalue weighted by molar-refractivity contribution is 5.90. The summed E-state index contributed by atoms with van der Waals surface area (Å²) in [7, 11) is 0. The number of nitrogens with zero attached hydrogens (tertiary/aromatic N) is 2. The molecule has 124 valence electrons. The smallest absolute Gasteiger partial charge is 0.224 e. The maximum atomic E-state index is 11.8. The standard InChI is InChI=1S/C17H22N4O.ClH/c18-11-7-2-1-6-10-16(22)21-15-12-19-17(20-13-15)14-8-4-3-5-9-14;/h3-5,8-9,12-13H,1-2,6-7,10-11,18H2,(H,21,22);1H. The lowest BCUT2D eigenvalue weighted by Gasteiger charge is -2.05. The summed E-state index contributed by atoms with van der Waals surface area (Å²) in [6.45, 7) is 0.720. The van der Waals surface area contributed by atoms with E-state index in [1.807, 2.05) is 30.3 Å². The molecule has 1 heterocycles. The lowest BCUT2D eigenvalue weighted by atomic mass is 10.1. The first-order valence-electron chi connectivity index (χ1n) is 7.67. The Morgan fingerprint density at radius 2 is 1.65 bits per heavy atom. The molecule has 1 aromatic carbocycles. The van der Waals surface area contributed by atoms with Crippen LogP contribution in [-0.2, 0) is 4.79 Å². The van der Waals surface area contributed by atoms with Crippen molar-refractivity contribution in [3.05, 3.63) is 42.7 Å². The molecule has 0 spiro atoms. The average molecular weight is 335 g/mol. The molecule has 0 saturated carbocycles. The highest BCUT2D eigenvalue weighted by atomic mass is 35.5. The van der Waals surface area contributed by atoms with Gasteiger partial charge in [-0.1, -0.05) is 43.2 Å². The van der Waals surface area contributed by atoms with Crippen LogP contribution in [0.2, 0.25) is 0 Å². The number of hydrogen-bond acceptors (Lipinski definition) is 4. The minimum atomic E-state index is 0. The van der Waals surface area contributed by atoms with Crippen molar-refractivity contribution in [3.8, 4) is 11.4 Å². The fourth-order valence-electron chi connectivity index (χ4n) is 2.14. The van der Waals surface area contributed by atoms with E-state index in [1.165, 1.54) is 0 Å². The van der Waals surface area contributed by atoms with Crippen molar-refractivity contribution >= 4 is 24.0 Å². The van der Waals surface area contributed by atoms with Gasteiger partial charge in [-0.25, -0.2) is 9.97 Å². The van der Waals surface area contributed by atoms with Crippen molar-refractivity contribution < 1.29 is 4.79 Å². The summed E-state index contributed by atoms with van der Waals surface area (Å²) in [6.07, 6.45) is 7.83. The van der Waals surface area contributed by atoms with Crippen molar-refractivity contribution in [2.45, 2.75) is 32.1 Å². The van der Waals surface area contributed by atoms with Gasteiger partial charge in [-0.3, -0.25) is 4.79 Å². The monoisotopic (exact) mass is 334 g/mol. The number of carbonyl (C=O) groups is 1. The van der Waals surface area contributed by atoms with Crippen LogP contribution < -0.4 is 11.1 Å². The van der Waals surface area contributed by atoms with Gasteiger partial charge in [-0.15, -0.1) is 12.4 Å². The Bertz CT molecular complexity index is 575. The molecule has 5 nitrogen and oxygen atoms in total. The quantitative estimate of drug-likeness (QED) is 0.725. The van der Waals surface area contributed by atoms with Crippen LogP contribution in [0.5, 0.6) is 0 Å². The minimum absolute atomic E-state index is 0. The number of unbranched alkanes of at least 4 members (excludes halogenated alkanes) is 3. The normalized spacial score (nSPS) is 9.96. The summed E-state index contributed by atoms with van der Waals surface area (Å²) in [6, 6.07) is 9.74. The largest absolute Gasteiger partial charge is 0.330 e. The Morgan fingerprint density at radius 1 is 1.00 bits per heavy atom. The fraction of sp³-hybridized carbons (Fsp3) is 0.353. The van der Waals surface area contributed by atoms with Crippen molar-refractivity contribution in [1.82, 2.24) is 9.97 Å². The zero-order valence-corrected chi connectivity index (χ0v) is 13.9. The molecule has 3 N–H and O–H groups in total. The fourth-order valence-corrected chi connectivity index (χ4v) is 2.14. The van der Waals surface area contributed by atoms with Gasteiger partial charge < -0.3 is 11.1 Å². The van der Waals surface area contributed by atoms with Gasteiger partial charge in [-0.05, 0) is 19.4 Å². The molecule has 0 fully saturated rings. The van der Waals surface area contributed by atoms with E-state index in [2.05, 4.69) is 15.3 Å². The van der Waals surface area contributed by atoms with Crippen LogP contribution in [0, 0.1) is 0 Å². The third kappa shape index (κ3) is 6.76. The molecule has 0 aliphatic carbocycles. The number of rotatable bonds is 8. The molecule has 0 bridgehead atoms. The first-order chi connectivity index (χ1) is 10.8. The van der Waals surface area contributed by atoms with Crippen molar-refractivity contribution in [2.75, 3.05) is 11.9 Å². The van der Waals surface area contributed by atoms with Crippen molar-refractivity contribution in [1.29, 1.82) is 0 Å². The van der Waals surface area contributed by atoms with E-state index in [0.29, 0.717) is 17.9 Å². The van der Waals surface area contributed by atoms with Gasteiger partial charge in [0.2, 0.25) is 5.91 Å². The Hall–Kier alpha value is -1.98. The van der Waals surface area contributed by atoms with E-state index in [9.17, 15) is 4.79 Å². The number of aromatic nitrogens is 2. The molecule has 23 heavy (non-hydrogen) atoms. The SMILES string of the molecule is Cl.NCCCCCCC(=O)Nc1cnc(-c2ccccc2)nc1. The minimum Gasteiger partial charge on any atom is -0.330 e. The van der Waals surface area contributed by atoms with Crippen LogP contribution in [0.15, 0.2) is 42.7 Å². The molecular weight excluding hydrogens is 312 g/mol. The van der Waals surface area contributed by atoms with Gasteiger partial charge in [0.15, 0.2) is 5.82 Å². The second kappa shape index (κ2) is 10.7. The third-order valence-corrected chi connectivity index (χ3v) is 3.33. The van der Waals surface area contributed by atoms with Gasteiger partial charge in [0.05, 0.1) is 18.1 Å². The summed E-state index contributed by atoms with van der Waals surface area (Å²) >= 11 is 0. The van der Waals surface area contributed by atoms with E-state index in [-0.39, 0.29) is 18.3 Å². The Balaban J connectivity index is 0.00000264.